The highest BCUT2D eigenvalue weighted by Crippen LogP contribution is 2.34. The van der Waals surface area contributed by atoms with Crippen LogP contribution in [-0.2, 0) is 27.9 Å². The summed E-state index contributed by atoms with van der Waals surface area (Å²) in [6.07, 6.45) is -0.718. The number of sulfonamides is 1. The molecule has 1 heterocycles. The van der Waals surface area contributed by atoms with Crippen LogP contribution in [0.25, 0.3) is 0 Å². The van der Waals surface area contributed by atoms with E-state index in [-0.39, 0.29) is 23.9 Å². The van der Waals surface area contributed by atoms with E-state index in [4.69, 9.17) is 25.8 Å². The van der Waals surface area contributed by atoms with Crippen molar-refractivity contribution in [3.8, 4) is 17.2 Å². The largest absolute Gasteiger partial charge is 0.493 e. The molecule has 10 heteroatoms. The van der Waals surface area contributed by atoms with Crippen LogP contribution < -0.4 is 18.9 Å². The predicted molar refractivity (Wildman–Crippen MR) is 133 cm³/mol. The maximum absolute atomic E-state index is 13.1. The SMILES string of the molecule is COc1cccc(CN2Cc3cc(NS(=O)(=O)c4ccc(Cl)cc4)ccc3O[C@H](C)C2=O)c1OC. The molecule has 3 aromatic rings. The first-order chi connectivity index (χ1) is 16.7. The van der Waals surface area contributed by atoms with Gasteiger partial charge in [-0.05, 0) is 55.5 Å². The molecule has 0 bridgehead atoms. The van der Waals surface area contributed by atoms with Crippen LogP contribution in [-0.4, -0.2) is 39.5 Å². The van der Waals surface area contributed by atoms with Gasteiger partial charge in [-0.25, -0.2) is 8.42 Å². The van der Waals surface area contributed by atoms with E-state index in [1.54, 1.807) is 50.3 Å². The Hall–Kier alpha value is -3.43. The number of carbonyl (C=O) groups excluding carboxylic acids is 1. The highest BCUT2D eigenvalue weighted by atomic mass is 35.5. The minimum absolute atomic E-state index is 0.0867. The summed E-state index contributed by atoms with van der Waals surface area (Å²) in [5, 5.41) is 0.442. The van der Waals surface area contributed by atoms with Gasteiger partial charge in [-0.1, -0.05) is 23.7 Å². The van der Waals surface area contributed by atoms with Gasteiger partial charge in [0.2, 0.25) is 0 Å². The van der Waals surface area contributed by atoms with Crippen molar-refractivity contribution in [1.29, 1.82) is 0 Å². The van der Waals surface area contributed by atoms with E-state index >= 15 is 0 Å². The number of methoxy groups -OCH3 is 2. The Balaban J connectivity index is 1.63. The molecule has 0 fully saturated rings. The zero-order valence-corrected chi connectivity index (χ0v) is 21.0. The Morgan fingerprint density at radius 3 is 2.51 bits per heavy atom. The van der Waals surface area contributed by atoms with Gasteiger partial charge in [0.25, 0.3) is 15.9 Å². The third-order valence-electron chi connectivity index (χ3n) is 5.61. The van der Waals surface area contributed by atoms with Crippen LogP contribution in [0.4, 0.5) is 5.69 Å². The first-order valence-electron chi connectivity index (χ1n) is 10.8. The number of para-hydroxylation sites is 1. The number of benzene rings is 3. The van der Waals surface area contributed by atoms with Gasteiger partial charge in [0.15, 0.2) is 17.6 Å². The molecule has 35 heavy (non-hydrogen) atoms. The molecule has 0 radical (unpaired) electrons. The quantitative estimate of drug-likeness (QED) is 0.498. The number of anilines is 1. The minimum atomic E-state index is -3.83. The normalized spacial score (nSPS) is 15.6. The Labute approximate surface area is 209 Å². The lowest BCUT2D eigenvalue weighted by Crippen LogP contribution is -2.37. The summed E-state index contributed by atoms with van der Waals surface area (Å²) in [5.41, 5.74) is 1.79. The smallest absolute Gasteiger partial charge is 0.263 e. The molecule has 1 amide bonds. The van der Waals surface area contributed by atoms with Gasteiger partial charge in [-0.3, -0.25) is 9.52 Å². The molecule has 8 nitrogen and oxygen atoms in total. The average Bonchev–Trinajstić information content (AvgIpc) is 2.95. The van der Waals surface area contributed by atoms with Crippen LogP contribution in [0.15, 0.2) is 65.6 Å². The molecule has 0 aliphatic carbocycles. The average molecular weight is 517 g/mol. The number of nitrogens with zero attached hydrogens (tertiary/aromatic N) is 1. The predicted octanol–water partition coefficient (Wildman–Crippen LogP) is 4.47. The number of nitrogens with one attached hydrogen (secondary N) is 1. The number of hydrogen-bond acceptors (Lipinski definition) is 6. The number of fused-ring (bicyclic) bond motifs is 1. The third-order valence-corrected chi connectivity index (χ3v) is 7.26. The monoisotopic (exact) mass is 516 g/mol. The first-order valence-corrected chi connectivity index (χ1v) is 12.6. The van der Waals surface area contributed by atoms with Crippen molar-refractivity contribution >= 4 is 33.2 Å². The fourth-order valence-electron chi connectivity index (χ4n) is 3.91. The Morgan fingerprint density at radius 2 is 1.83 bits per heavy atom. The molecule has 0 saturated heterocycles. The summed E-state index contributed by atoms with van der Waals surface area (Å²) in [7, 11) is -0.726. The van der Waals surface area contributed by atoms with Crippen LogP contribution in [0.5, 0.6) is 17.2 Å². The van der Waals surface area contributed by atoms with E-state index in [1.807, 2.05) is 12.1 Å². The number of halogens is 1. The third kappa shape index (κ3) is 5.31. The summed E-state index contributed by atoms with van der Waals surface area (Å²) < 4.78 is 45.0. The summed E-state index contributed by atoms with van der Waals surface area (Å²) >= 11 is 5.87. The van der Waals surface area contributed by atoms with Crippen molar-refractivity contribution < 1.29 is 27.4 Å². The summed E-state index contributed by atoms with van der Waals surface area (Å²) in [6.45, 7) is 2.16. The lowest BCUT2D eigenvalue weighted by Gasteiger charge is -2.24. The summed E-state index contributed by atoms with van der Waals surface area (Å²) in [4.78, 5) is 14.8. The summed E-state index contributed by atoms with van der Waals surface area (Å²) in [6, 6.07) is 16.3. The van der Waals surface area contributed by atoms with E-state index < -0.39 is 16.1 Å². The fraction of sp³-hybridized carbons (Fsp3) is 0.240. The molecular weight excluding hydrogens is 492 g/mol. The van der Waals surface area contributed by atoms with Crippen molar-refractivity contribution in [3.63, 3.8) is 0 Å². The van der Waals surface area contributed by atoms with Gasteiger partial charge >= 0.3 is 0 Å². The highest BCUT2D eigenvalue weighted by molar-refractivity contribution is 7.92. The van der Waals surface area contributed by atoms with E-state index in [1.165, 1.54) is 24.3 Å². The van der Waals surface area contributed by atoms with Gasteiger partial charge in [0.05, 0.1) is 19.1 Å². The van der Waals surface area contributed by atoms with Gasteiger partial charge in [0, 0.05) is 34.9 Å². The molecular formula is C25H25ClN2O6S. The lowest BCUT2D eigenvalue weighted by atomic mass is 10.1. The Bertz CT molecular complexity index is 1340. The molecule has 0 unspecified atom stereocenters. The number of ether oxygens (including phenoxy) is 3. The van der Waals surface area contributed by atoms with Crippen molar-refractivity contribution in [1.82, 2.24) is 4.90 Å². The molecule has 1 aliphatic rings. The highest BCUT2D eigenvalue weighted by Gasteiger charge is 2.29. The number of amides is 1. The van der Waals surface area contributed by atoms with Crippen molar-refractivity contribution in [2.75, 3.05) is 18.9 Å². The van der Waals surface area contributed by atoms with Crippen molar-refractivity contribution in [2.45, 2.75) is 31.0 Å². The maximum atomic E-state index is 13.1. The van der Waals surface area contributed by atoms with Crippen LogP contribution in [0.1, 0.15) is 18.1 Å². The lowest BCUT2D eigenvalue weighted by molar-refractivity contribution is -0.138. The standard InChI is InChI=1S/C25H25ClN2O6S/c1-16-25(29)28(14-17-5-4-6-23(32-2)24(17)33-3)15-18-13-20(9-12-22(18)34-16)27-35(30,31)21-10-7-19(26)8-11-21/h4-13,16,27H,14-15H2,1-3H3/t16-/m1/s1. The van der Waals surface area contributed by atoms with Crippen LogP contribution in [0, 0.1) is 0 Å². The first kappa shape index (κ1) is 24.7. The molecule has 184 valence electrons. The van der Waals surface area contributed by atoms with Crippen molar-refractivity contribution in [3.05, 3.63) is 76.8 Å². The minimum Gasteiger partial charge on any atom is -0.493 e. The number of rotatable bonds is 7. The molecule has 4 rings (SSSR count). The van der Waals surface area contributed by atoms with Gasteiger partial charge in [0.1, 0.15) is 5.75 Å². The molecule has 1 aliphatic heterocycles. The van der Waals surface area contributed by atoms with Gasteiger partial charge < -0.3 is 19.1 Å². The second kappa shape index (κ2) is 10.1. The van der Waals surface area contributed by atoms with Crippen molar-refractivity contribution in [2.24, 2.45) is 0 Å². The second-order valence-corrected chi connectivity index (χ2v) is 10.1. The second-order valence-electron chi connectivity index (χ2n) is 7.99. The van der Waals surface area contributed by atoms with E-state index in [9.17, 15) is 13.2 Å². The zero-order chi connectivity index (χ0) is 25.2. The Morgan fingerprint density at radius 1 is 1.09 bits per heavy atom. The molecule has 0 aromatic heterocycles. The molecule has 1 N–H and O–H groups in total. The van der Waals surface area contributed by atoms with Crippen LogP contribution in [0.2, 0.25) is 5.02 Å². The van der Waals surface area contributed by atoms with E-state index in [0.717, 1.165) is 5.56 Å². The fourth-order valence-corrected chi connectivity index (χ4v) is 5.08. The molecule has 0 spiro atoms. The molecule has 3 aromatic carbocycles. The zero-order valence-electron chi connectivity index (χ0n) is 19.4. The topological polar surface area (TPSA) is 94.2 Å². The summed E-state index contributed by atoms with van der Waals surface area (Å²) in [5.74, 6) is 1.43. The Kier molecular flexibility index (Phi) is 7.09. The van der Waals surface area contributed by atoms with E-state index in [0.29, 0.717) is 33.5 Å². The molecule has 1 atom stereocenters. The van der Waals surface area contributed by atoms with Crippen LogP contribution >= 0.6 is 11.6 Å². The maximum Gasteiger partial charge on any atom is 0.263 e. The van der Waals surface area contributed by atoms with Gasteiger partial charge in [-0.2, -0.15) is 0 Å². The van der Waals surface area contributed by atoms with Gasteiger partial charge in [-0.15, -0.1) is 0 Å². The number of carbonyl (C=O) groups is 1. The van der Waals surface area contributed by atoms with E-state index in [2.05, 4.69) is 4.72 Å². The number of hydrogen-bond donors (Lipinski definition) is 1. The van der Waals surface area contributed by atoms with Crippen LogP contribution in [0.3, 0.4) is 0 Å². The molecule has 0 saturated carbocycles.